The molecule has 0 aliphatic rings. The summed E-state index contributed by atoms with van der Waals surface area (Å²) < 4.78 is 15.7. The lowest BCUT2D eigenvalue weighted by molar-refractivity contribution is 0.0476. The Morgan fingerprint density at radius 2 is 1.86 bits per heavy atom. The van der Waals surface area contributed by atoms with Gasteiger partial charge in [0.05, 0.1) is 12.7 Å². The van der Waals surface area contributed by atoms with Crippen molar-refractivity contribution in [2.75, 3.05) is 7.11 Å². The highest BCUT2D eigenvalue weighted by atomic mass is 16.5. The Morgan fingerprint density at radius 1 is 1.04 bits per heavy atom. The minimum atomic E-state index is -0.655. The van der Waals surface area contributed by atoms with Gasteiger partial charge in [-0.05, 0) is 18.2 Å². The molecule has 0 bridgehead atoms. The molecular formula is C21H15NO6. The van der Waals surface area contributed by atoms with E-state index in [0.717, 1.165) is 0 Å². The first-order valence-electron chi connectivity index (χ1n) is 8.45. The second-order valence-electron chi connectivity index (χ2n) is 6.12. The predicted molar refractivity (Wildman–Crippen MR) is 103 cm³/mol. The number of aromatic amines is 1. The minimum Gasteiger partial charge on any atom is -0.497 e. The Kier molecular flexibility index (Phi) is 4.41. The first kappa shape index (κ1) is 17.5. The number of aromatic nitrogens is 1. The van der Waals surface area contributed by atoms with Gasteiger partial charge in [-0.2, -0.15) is 0 Å². The van der Waals surface area contributed by atoms with Crippen molar-refractivity contribution in [2.24, 2.45) is 0 Å². The summed E-state index contributed by atoms with van der Waals surface area (Å²) in [5.41, 5.74) is 0.570. The summed E-state index contributed by atoms with van der Waals surface area (Å²) in [5.74, 6) is -0.114. The number of hydrogen-bond donors (Lipinski definition) is 1. The Morgan fingerprint density at radius 3 is 2.68 bits per heavy atom. The molecule has 4 aromatic rings. The fourth-order valence-electron chi connectivity index (χ4n) is 3.05. The quantitative estimate of drug-likeness (QED) is 0.434. The summed E-state index contributed by atoms with van der Waals surface area (Å²) in [5, 5.41) is 1.21. The Hall–Kier alpha value is -3.87. The number of ether oxygens (including phenoxy) is 2. The average Bonchev–Trinajstić information content (AvgIpc) is 2.70. The highest BCUT2D eigenvalue weighted by molar-refractivity contribution is 6.03. The van der Waals surface area contributed by atoms with Crippen LogP contribution in [-0.2, 0) is 11.3 Å². The molecule has 0 unspecified atom stereocenters. The third kappa shape index (κ3) is 3.25. The van der Waals surface area contributed by atoms with Crippen LogP contribution in [0.3, 0.4) is 0 Å². The fraction of sp³-hybridized carbons (Fsp3) is 0.0952. The van der Waals surface area contributed by atoms with Crippen LogP contribution in [0.5, 0.6) is 5.75 Å². The maximum absolute atomic E-state index is 12.6. The molecule has 2 aromatic heterocycles. The third-order valence-electron chi connectivity index (χ3n) is 4.37. The van der Waals surface area contributed by atoms with Crippen molar-refractivity contribution in [2.45, 2.75) is 6.61 Å². The van der Waals surface area contributed by atoms with Crippen molar-refractivity contribution in [3.05, 3.63) is 86.5 Å². The molecule has 0 saturated carbocycles. The highest BCUT2D eigenvalue weighted by Crippen LogP contribution is 2.23. The number of benzene rings is 2. The zero-order chi connectivity index (χ0) is 19.7. The number of pyridine rings is 1. The van der Waals surface area contributed by atoms with E-state index in [9.17, 15) is 14.4 Å². The molecule has 0 atom stereocenters. The zero-order valence-corrected chi connectivity index (χ0v) is 14.9. The summed E-state index contributed by atoms with van der Waals surface area (Å²) in [6.07, 6.45) is 0. The van der Waals surface area contributed by atoms with E-state index in [1.54, 1.807) is 42.5 Å². The topological polar surface area (TPSA) is 98.6 Å². The van der Waals surface area contributed by atoms with E-state index in [1.165, 1.54) is 19.2 Å². The van der Waals surface area contributed by atoms with Crippen LogP contribution in [0.25, 0.3) is 21.9 Å². The molecule has 0 fully saturated rings. The van der Waals surface area contributed by atoms with Crippen LogP contribution in [-0.4, -0.2) is 18.1 Å². The van der Waals surface area contributed by atoms with Crippen molar-refractivity contribution >= 4 is 27.8 Å². The number of H-pyrrole nitrogens is 1. The smallest absolute Gasteiger partial charge is 0.339 e. The van der Waals surface area contributed by atoms with Crippen LogP contribution >= 0.6 is 0 Å². The van der Waals surface area contributed by atoms with Gasteiger partial charge in [-0.25, -0.2) is 9.59 Å². The number of fused-ring (bicyclic) bond motifs is 2. The molecule has 2 aromatic carbocycles. The van der Waals surface area contributed by atoms with Gasteiger partial charge < -0.3 is 18.9 Å². The van der Waals surface area contributed by atoms with Crippen molar-refractivity contribution in [3.63, 3.8) is 0 Å². The normalized spacial score (nSPS) is 10.9. The molecule has 28 heavy (non-hydrogen) atoms. The number of carbonyl (C=O) groups excluding carboxylic acids is 1. The van der Waals surface area contributed by atoms with Crippen LogP contribution in [0.2, 0.25) is 0 Å². The van der Waals surface area contributed by atoms with Gasteiger partial charge >= 0.3 is 11.6 Å². The molecule has 2 heterocycles. The van der Waals surface area contributed by atoms with Crippen LogP contribution in [0.4, 0.5) is 0 Å². The number of methoxy groups -OCH3 is 1. The van der Waals surface area contributed by atoms with Crippen LogP contribution < -0.4 is 15.9 Å². The minimum absolute atomic E-state index is 0.144. The van der Waals surface area contributed by atoms with E-state index in [2.05, 4.69) is 4.98 Å². The fourth-order valence-corrected chi connectivity index (χ4v) is 3.05. The average molecular weight is 377 g/mol. The van der Waals surface area contributed by atoms with Gasteiger partial charge in [0.25, 0.3) is 0 Å². The van der Waals surface area contributed by atoms with E-state index < -0.39 is 17.2 Å². The molecule has 4 rings (SSSR count). The van der Waals surface area contributed by atoms with Gasteiger partial charge in [-0.1, -0.05) is 18.2 Å². The predicted octanol–water partition coefficient (Wildman–Crippen LogP) is 3.00. The number of esters is 1. The third-order valence-corrected chi connectivity index (χ3v) is 4.37. The van der Waals surface area contributed by atoms with Gasteiger partial charge in [0.2, 0.25) is 5.56 Å². The first-order valence-corrected chi connectivity index (χ1v) is 8.45. The molecule has 0 aliphatic carbocycles. The Balaban J connectivity index is 1.68. The summed E-state index contributed by atoms with van der Waals surface area (Å²) >= 11 is 0. The number of para-hydroxylation sites is 1. The second-order valence-corrected chi connectivity index (χ2v) is 6.12. The molecule has 7 heteroatoms. The molecule has 140 valence electrons. The van der Waals surface area contributed by atoms with E-state index >= 15 is 0 Å². The first-order chi connectivity index (χ1) is 13.5. The molecule has 0 amide bonds. The van der Waals surface area contributed by atoms with Crippen molar-refractivity contribution in [1.29, 1.82) is 0 Å². The number of nitrogens with one attached hydrogen (secondary N) is 1. The maximum atomic E-state index is 12.6. The monoisotopic (exact) mass is 377 g/mol. The number of rotatable bonds is 4. The lowest BCUT2D eigenvalue weighted by Crippen LogP contribution is -2.13. The SMILES string of the molecule is COc1ccc2c(COC(=O)c3cc(=O)[nH]c4ccccc34)cc(=O)oc2c1. The summed E-state index contributed by atoms with van der Waals surface area (Å²) in [6.45, 7) is -0.144. The summed E-state index contributed by atoms with van der Waals surface area (Å²) in [4.78, 5) is 39.0. The molecule has 0 radical (unpaired) electrons. The zero-order valence-electron chi connectivity index (χ0n) is 14.9. The highest BCUT2D eigenvalue weighted by Gasteiger charge is 2.15. The van der Waals surface area contributed by atoms with E-state index in [1.807, 2.05) is 0 Å². The molecule has 1 N–H and O–H groups in total. The molecule has 0 spiro atoms. The lowest BCUT2D eigenvalue weighted by Gasteiger charge is -2.09. The molecular weight excluding hydrogens is 362 g/mol. The van der Waals surface area contributed by atoms with Crippen molar-refractivity contribution in [1.82, 2.24) is 4.98 Å². The standard InChI is InChI=1S/C21H15NO6/c1-26-13-6-7-14-12(8-20(24)28-18(14)9-13)11-27-21(25)16-10-19(23)22-17-5-3-2-4-15(16)17/h2-10H,11H2,1H3,(H,22,23). The van der Waals surface area contributed by atoms with E-state index in [4.69, 9.17) is 13.9 Å². The van der Waals surface area contributed by atoms with Crippen LogP contribution in [0, 0.1) is 0 Å². The van der Waals surface area contributed by atoms with E-state index in [0.29, 0.717) is 33.2 Å². The maximum Gasteiger partial charge on any atom is 0.339 e. The van der Waals surface area contributed by atoms with Gasteiger partial charge in [-0.3, -0.25) is 4.79 Å². The largest absolute Gasteiger partial charge is 0.497 e. The second kappa shape index (κ2) is 7.03. The van der Waals surface area contributed by atoms with Gasteiger partial charge in [0.1, 0.15) is 17.9 Å². The van der Waals surface area contributed by atoms with Crippen molar-refractivity contribution in [3.8, 4) is 5.75 Å². The summed E-state index contributed by atoms with van der Waals surface area (Å²) in [6, 6.07) is 14.5. The Bertz CT molecular complexity index is 1320. The number of carbonyl (C=O) groups is 1. The van der Waals surface area contributed by atoms with Gasteiger partial charge in [0.15, 0.2) is 0 Å². The molecule has 0 saturated heterocycles. The van der Waals surface area contributed by atoms with Crippen LogP contribution in [0.15, 0.2) is 68.6 Å². The Labute approximate surface area is 158 Å². The van der Waals surface area contributed by atoms with Crippen LogP contribution in [0.1, 0.15) is 15.9 Å². The summed E-state index contributed by atoms with van der Waals surface area (Å²) in [7, 11) is 1.51. The van der Waals surface area contributed by atoms with Gasteiger partial charge in [0, 0.05) is 40.1 Å². The molecule has 0 aliphatic heterocycles. The number of hydrogen-bond acceptors (Lipinski definition) is 6. The van der Waals surface area contributed by atoms with Gasteiger partial charge in [-0.15, -0.1) is 0 Å². The molecule has 7 nitrogen and oxygen atoms in total. The van der Waals surface area contributed by atoms with E-state index in [-0.39, 0.29) is 12.2 Å². The van der Waals surface area contributed by atoms with Crippen molar-refractivity contribution < 1.29 is 18.7 Å². The lowest BCUT2D eigenvalue weighted by atomic mass is 10.1.